The van der Waals surface area contributed by atoms with Crippen LogP contribution in [0.2, 0.25) is 0 Å². The molecule has 18 heavy (non-hydrogen) atoms. The third kappa shape index (κ3) is 5.25. The molecule has 0 saturated carbocycles. The highest BCUT2D eigenvalue weighted by Crippen LogP contribution is 2.17. The van der Waals surface area contributed by atoms with Crippen LogP contribution in [0.25, 0.3) is 0 Å². The lowest BCUT2D eigenvalue weighted by Crippen LogP contribution is -2.58. The van der Waals surface area contributed by atoms with Gasteiger partial charge in [0.2, 0.25) is 0 Å². The summed E-state index contributed by atoms with van der Waals surface area (Å²) in [6, 6.07) is 1.35. The van der Waals surface area contributed by atoms with E-state index in [0.717, 1.165) is 19.0 Å². The first-order valence-electron chi connectivity index (χ1n) is 7.57. The van der Waals surface area contributed by atoms with E-state index in [2.05, 4.69) is 37.9 Å². The second-order valence-corrected chi connectivity index (χ2v) is 6.18. The van der Waals surface area contributed by atoms with Gasteiger partial charge in [-0.3, -0.25) is 4.90 Å². The van der Waals surface area contributed by atoms with Gasteiger partial charge in [-0.2, -0.15) is 0 Å². The third-order valence-electron chi connectivity index (χ3n) is 3.89. The zero-order valence-electron chi connectivity index (χ0n) is 12.9. The molecule has 3 unspecified atom stereocenters. The molecule has 0 amide bonds. The molecule has 0 radical (unpaired) electrons. The van der Waals surface area contributed by atoms with Crippen molar-refractivity contribution < 1.29 is 4.74 Å². The van der Waals surface area contributed by atoms with Crippen LogP contribution in [0.15, 0.2) is 0 Å². The molecule has 0 aromatic heterocycles. The van der Waals surface area contributed by atoms with Crippen LogP contribution in [0.4, 0.5) is 0 Å². The summed E-state index contributed by atoms with van der Waals surface area (Å²) >= 11 is 0. The number of hydrogen-bond donors (Lipinski definition) is 1. The van der Waals surface area contributed by atoms with Gasteiger partial charge in [0, 0.05) is 38.8 Å². The van der Waals surface area contributed by atoms with Crippen molar-refractivity contribution in [2.45, 2.75) is 65.1 Å². The Kier molecular flexibility index (Phi) is 7.20. The summed E-state index contributed by atoms with van der Waals surface area (Å²) < 4.78 is 5.44. The lowest BCUT2D eigenvalue weighted by Gasteiger charge is -2.42. The first-order valence-corrected chi connectivity index (χ1v) is 7.57. The van der Waals surface area contributed by atoms with Crippen LogP contribution in [0.3, 0.4) is 0 Å². The Morgan fingerprint density at radius 1 is 1.33 bits per heavy atom. The molecule has 1 rings (SSSR count). The summed E-state index contributed by atoms with van der Waals surface area (Å²) in [5.74, 6) is 0.764. The number of hydrogen-bond acceptors (Lipinski definition) is 3. The highest BCUT2D eigenvalue weighted by molar-refractivity contribution is 4.87. The normalized spacial score (nSPS) is 27.7. The molecule has 1 fully saturated rings. The van der Waals surface area contributed by atoms with Crippen LogP contribution in [0, 0.1) is 5.92 Å². The average molecular weight is 256 g/mol. The van der Waals surface area contributed by atoms with E-state index in [1.807, 2.05) is 7.11 Å². The fourth-order valence-corrected chi connectivity index (χ4v) is 2.88. The minimum atomic E-state index is 0.333. The van der Waals surface area contributed by atoms with Gasteiger partial charge in [-0.25, -0.2) is 0 Å². The molecule has 1 N–H and O–H groups in total. The second-order valence-electron chi connectivity index (χ2n) is 6.18. The molecule has 0 spiro atoms. The molecule has 108 valence electrons. The average Bonchev–Trinajstić information content (AvgIpc) is 2.32. The molecule has 1 saturated heterocycles. The van der Waals surface area contributed by atoms with Crippen molar-refractivity contribution in [2.24, 2.45) is 5.92 Å². The Labute approximate surface area is 113 Å². The predicted molar refractivity (Wildman–Crippen MR) is 78.0 cm³/mol. The van der Waals surface area contributed by atoms with E-state index >= 15 is 0 Å². The van der Waals surface area contributed by atoms with Crippen LogP contribution in [0.5, 0.6) is 0 Å². The monoisotopic (exact) mass is 256 g/mol. The topological polar surface area (TPSA) is 24.5 Å². The molecule has 0 bridgehead atoms. The van der Waals surface area contributed by atoms with E-state index in [4.69, 9.17) is 4.74 Å². The summed E-state index contributed by atoms with van der Waals surface area (Å²) in [5.41, 5.74) is 0. The molecule has 1 aliphatic heterocycles. The molecule has 0 aliphatic carbocycles. The van der Waals surface area contributed by atoms with Crippen molar-refractivity contribution in [2.75, 3.05) is 26.7 Å². The standard InChI is InChI=1S/C15H32N2O/c1-6-7-14-11-17(10-13(4)18-5)15(9-16-14)8-12(2)3/h12-16H,6-11H2,1-5H3. The smallest absolute Gasteiger partial charge is 0.0670 e. The first-order chi connectivity index (χ1) is 8.56. The minimum Gasteiger partial charge on any atom is -0.380 e. The van der Waals surface area contributed by atoms with Crippen LogP contribution >= 0.6 is 0 Å². The maximum absolute atomic E-state index is 5.44. The molecular formula is C15H32N2O. The van der Waals surface area contributed by atoms with E-state index in [1.165, 1.54) is 25.8 Å². The molecule has 3 nitrogen and oxygen atoms in total. The Hall–Kier alpha value is -0.120. The highest BCUT2D eigenvalue weighted by Gasteiger charge is 2.28. The lowest BCUT2D eigenvalue weighted by atomic mass is 9.97. The number of nitrogens with one attached hydrogen (secondary N) is 1. The quantitative estimate of drug-likeness (QED) is 0.757. The fourth-order valence-electron chi connectivity index (χ4n) is 2.88. The number of piperazine rings is 1. The van der Waals surface area contributed by atoms with Crippen LogP contribution in [-0.2, 0) is 4.74 Å². The van der Waals surface area contributed by atoms with Crippen molar-refractivity contribution in [3.8, 4) is 0 Å². The maximum atomic E-state index is 5.44. The van der Waals surface area contributed by atoms with Crippen molar-refractivity contribution in [3.63, 3.8) is 0 Å². The van der Waals surface area contributed by atoms with Crippen molar-refractivity contribution in [1.29, 1.82) is 0 Å². The zero-order chi connectivity index (χ0) is 13.5. The van der Waals surface area contributed by atoms with Gasteiger partial charge in [0.25, 0.3) is 0 Å². The third-order valence-corrected chi connectivity index (χ3v) is 3.89. The summed E-state index contributed by atoms with van der Waals surface area (Å²) in [4.78, 5) is 2.64. The molecule has 1 heterocycles. The number of rotatable bonds is 7. The van der Waals surface area contributed by atoms with Crippen LogP contribution in [0.1, 0.15) is 47.0 Å². The number of ether oxygens (including phenoxy) is 1. The van der Waals surface area contributed by atoms with E-state index in [0.29, 0.717) is 18.2 Å². The van der Waals surface area contributed by atoms with Gasteiger partial charge in [0.15, 0.2) is 0 Å². The van der Waals surface area contributed by atoms with Crippen LogP contribution < -0.4 is 5.32 Å². The van der Waals surface area contributed by atoms with Gasteiger partial charge in [-0.05, 0) is 25.7 Å². The maximum Gasteiger partial charge on any atom is 0.0670 e. The van der Waals surface area contributed by atoms with Crippen LogP contribution in [-0.4, -0.2) is 49.8 Å². The van der Waals surface area contributed by atoms with E-state index < -0.39 is 0 Å². The second kappa shape index (κ2) is 8.13. The largest absolute Gasteiger partial charge is 0.380 e. The Balaban J connectivity index is 2.54. The Morgan fingerprint density at radius 3 is 2.61 bits per heavy atom. The van der Waals surface area contributed by atoms with E-state index in [9.17, 15) is 0 Å². The molecule has 3 atom stereocenters. The van der Waals surface area contributed by atoms with E-state index in [-0.39, 0.29) is 0 Å². The summed E-state index contributed by atoms with van der Waals surface area (Å²) in [7, 11) is 1.81. The highest BCUT2D eigenvalue weighted by atomic mass is 16.5. The fraction of sp³-hybridized carbons (Fsp3) is 1.00. The van der Waals surface area contributed by atoms with Gasteiger partial charge in [-0.1, -0.05) is 27.2 Å². The Morgan fingerprint density at radius 2 is 2.06 bits per heavy atom. The van der Waals surface area contributed by atoms with E-state index in [1.54, 1.807) is 0 Å². The zero-order valence-corrected chi connectivity index (χ0v) is 12.9. The minimum absolute atomic E-state index is 0.333. The van der Waals surface area contributed by atoms with Gasteiger partial charge >= 0.3 is 0 Å². The molecule has 0 aromatic rings. The Bertz CT molecular complexity index is 221. The van der Waals surface area contributed by atoms with Crippen molar-refractivity contribution >= 4 is 0 Å². The molecule has 1 aliphatic rings. The summed E-state index contributed by atoms with van der Waals surface area (Å²) in [5, 5.41) is 3.71. The van der Waals surface area contributed by atoms with Gasteiger partial charge in [0.05, 0.1) is 6.10 Å². The van der Waals surface area contributed by atoms with Crippen molar-refractivity contribution in [1.82, 2.24) is 10.2 Å². The lowest BCUT2D eigenvalue weighted by molar-refractivity contribution is 0.0345. The number of nitrogens with zero attached hydrogens (tertiary/aromatic N) is 1. The molecule has 3 heteroatoms. The van der Waals surface area contributed by atoms with Crippen molar-refractivity contribution in [3.05, 3.63) is 0 Å². The number of methoxy groups -OCH3 is 1. The predicted octanol–water partition coefficient (Wildman–Crippen LogP) is 2.51. The molecular weight excluding hydrogens is 224 g/mol. The molecule has 0 aromatic carbocycles. The van der Waals surface area contributed by atoms with Gasteiger partial charge in [0.1, 0.15) is 0 Å². The SMILES string of the molecule is CCCC1CN(CC(C)OC)C(CC(C)C)CN1. The van der Waals surface area contributed by atoms with Gasteiger partial charge < -0.3 is 10.1 Å². The van der Waals surface area contributed by atoms with Gasteiger partial charge in [-0.15, -0.1) is 0 Å². The first kappa shape index (κ1) is 15.9. The summed E-state index contributed by atoms with van der Waals surface area (Å²) in [6.07, 6.45) is 4.16. The summed E-state index contributed by atoms with van der Waals surface area (Å²) in [6.45, 7) is 12.5.